The highest BCUT2D eigenvalue weighted by molar-refractivity contribution is 5.76. The molecule has 2 amide bonds. The average molecular weight is 372 g/mol. The van der Waals surface area contributed by atoms with Crippen molar-refractivity contribution >= 4 is 17.9 Å². The summed E-state index contributed by atoms with van der Waals surface area (Å²) in [6.07, 6.45) is 9.97. The van der Waals surface area contributed by atoms with Crippen molar-refractivity contribution in [1.29, 1.82) is 0 Å². The Morgan fingerprint density at radius 3 is 2.81 bits per heavy atom. The van der Waals surface area contributed by atoms with Crippen molar-refractivity contribution in [3.63, 3.8) is 0 Å². The molecule has 1 aliphatic heterocycles. The number of carbonyl (C=O) groups excluding carboxylic acids is 1. The van der Waals surface area contributed by atoms with Gasteiger partial charge in [0, 0.05) is 12.3 Å². The van der Waals surface area contributed by atoms with E-state index in [1.165, 1.54) is 19.3 Å². The van der Waals surface area contributed by atoms with Crippen LogP contribution in [0.3, 0.4) is 0 Å². The number of urea groups is 1. The molecular weight excluding hydrogens is 338 g/mol. The molecule has 2 unspecified atom stereocenters. The summed E-state index contributed by atoms with van der Waals surface area (Å²) in [6, 6.07) is 6.50. The van der Waals surface area contributed by atoms with Gasteiger partial charge < -0.3 is 15.0 Å². The molecule has 0 aromatic heterocycles. The average Bonchev–Trinajstić information content (AvgIpc) is 2.67. The number of benzene rings is 1. The summed E-state index contributed by atoms with van der Waals surface area (Å²) in [5, 5.41) is 3.20. The first-order valence-electron chi connectivity index (χ1n) is 10.5. The normalized spacial score (nSPS) is 23.3. The van der Waals surface area contributed by atoms with E-state index in [2.05, 4.69) is 37.1 Å². The van der Waals surface area contributed by atoms with Crippen LogP contribution in [0.5, 0.6) is 5.75 Å². The topological polar surface area (TPSA) is 53.9 Å². The Kier molecular flexibility index (Phi) is 6.75. The molecule has 2 atom stereocenters. The van der Waals surface area contributed by atoms with E-state index in [-0.39, 0.29) is 18.2 Å². The highest BCUT2D eigenvalue weighted by Gasteiger charge is 2.41. The Morgan fingerprint density at radius 2 is 2.11 bits per heavy atom. The minimum atomic E-state index is 0.0176. The van der Waals surface area contributed by atoms with Crippen LogP contribution in [0.4, 0.5) is 10.5 Å². The van der Waals surface area contributed by atoms with Gasteiger partial charge in [-0.1, -0.05) is 44.7 Å². The highest BCUT2D eigenvalue weighted by atomic mass is 16.5. The second-order valence-corrected chi connectivity index (χ2v) is 7.86. The number of amides is 2. The quantitative estimate of drug-likeness (QED) is 0.716. The first-order chi connectivity index (χ1) is 13.1. The number of hydrogen-bond donors (Lipinski definition) is 1. The van der Waals surface area contributed by atoms with Crippen LogP contribution in [0.15, 0.2) is 23.2 Å². The Hall–Kier alpha value is -2.04. The predicted molar refractivity (Wildman–Crippen MR) is 110 cm³/mol. The van der Waals surface area contributed by atoms with Gasteiger partial charge in [-0.05, 0) is 44.7 Å². The summed E-state index contributed by atoms with van der Waals surface area (Å²) in [5.41, 5.74) is 2.02. The third kappa shape index (κ3) is 4.82. The first-order valence-corrected chi connectivity index (χ1v) is 10.5. The summed E-state index contributed by atoms with van der Waals surface area (Å²) >= 11 is 0. The van der Waals surface area contributed by atoms with Gasteiger partial charge in [0.05, 0.1) is 12.6 Å². The van der Waals surface area contributed by atoms with E-state index in [1.807, 2.05) is 23.2 Å². The number of aliphatic imine (C=N–C) groups is 1. The second kappa shape index (κ2) is 9.25. The van der Waals surface area contributed by atoms with Crippen LogP contribution in [0.2, 0.25) is 0 Å². The zero-order valence-corrected chi connectivity index (χ0v) is 16.9. The van der Waals surface area contributed by atoms with Gasteiger partial charge in [-0.25, -0.2) is 4.79 Å². The predicted octanol–water partition coefficient (Wildman–Crippen LogP) is 4.99. The van der Waals surface area contributed by atoms with Crippen molar-refractivity contribution in [3.05, 3.63) is 23.8 Å². The number of aryl methyl sites for hydroxylation is 1. The summed E-state index contributed by atoms with van der Waals surface area (Å²) in [6.45, 7) is 6.89. The van der Waals surface area contributed by atoms with Crippen LogP contribution in [0.25, 0.3) is 0 Å². The largest absolute Gasteiger partial charge is 0.484 e. The maximum atomic E-state index is 12.5. The first kappa shape index (κ1) is 19.7. The molecule has 3 rings (SSSR count). The third-order valence-electron chi connectivity index (χ3n) is 5.72. The molecule has 2 aliphatic rings. The van der Waals surface area contributed by atoms with E-state index < -0.39 is 0 Å². The van der Waals surface area contributed by atoms with Crippen molar-refractivity contribution in [1.82, 2.24) is 10.2 Å². The number of ether oxygens (including phenoxy) is 1. The van der Waals surface area contributed by atoms with E-state index in [1.54, 1.807) is 0 Å². The number of hydrogen-bond acceptors (Lipinski definition) is 3. The van der Waals surface area contributed by atoms with Crippen molar-refractivity contribution in [3.8, 4) is 5.75 Å². The van der Waals surface area contributed by atoms with Crippen molar-refractivity contribution < 1.29 is 9.53 Å². The van der Waals surface area contributed by atoms with Crippen molar-refractivity contribution in [2.75, 3.05) is 6.54 Å². The lowest BCUT2D eigenvalue weighted by molar-refractivity contribution is -0.00786. The number of nitrogens with zero attached hydrogens (tertiary/aromatic N) is 2. The highest BCUT2D eigenvalue weighted by Crippen LogP contribution is 2.34. The molecule has 1 saturated carbocycles. The zero-order valence-electron chi connectivity index (χ0n) is 16.9. The van der Waals surface area contributed by atoms with Crippen LogP contribution < -0.4 is 10.1 Å². The maximum absolute atomic E-state index is 12.5. The summed E-state index contributed by atoms with van der Waals surface area (Å²) < 4.78 is 6.24. The Bertz CT molecular complexity index is 668. The van der Waals surface area contributed by atoms with Crippen molar-refractivity contribution in [2.24, 2.45) is 4.99 Å². The molecule has 1 saturated heterocycles. The van der Waals surface area contributed by atoms with Gasteiger partial charge in [-0.15, -0.1) is 0 Å². The fourth-order valence-corrected chi connectivity index (χ4v) is 3.82. The van der Waals surface area contributed by atoms with E-state index in [0.29, 0.717) is 12.6 Å². The number of unbranched alkanes of at least 4 members (excludes halogenated alkanes) is 1. The maximum Gasteiger partial charge on any atom is 0.318 e. The lowest BCUT2D eigenvalue weighted by atomic mass is 9.95. The van der Waals surface area contributed by atoms with Gasteiger partial charge in [0.15, 0.2) is 0 Å². The molecule has 1 N–H and O–H groups in total. The van der Waals surface area contributed by atoms with Gasteiger partial charge in [-0.2, -0.15) is 0 Å². The molecule has 1 aromatic rings. The minimum absolute atomic E-state index is 0.0176. The Labute approximate surface area is 163 Å². The SMILES string of the molecule is CCCC=Nc1c(C)cccc1OC1CN(C(=O)NC2CCCCC2)C1C. The standard InChI is InChI=1S/C22H33N3O2/c1-4-5-14-23-21-16(2)10-9-13-19(21)27-20-15-25(17(20)3)22(26)24-18-11-7-6-8-12-18/h9-10,13-14,17-18,20H,4-8,11-12,15H2,1-3H3,(H,24,26). The van der Waals surface area contributed by atoms with E-state index in [4.69, 9.17) is 4.74 Å². The number of nitrogens with one attached hydrogen (secondary N) is 1. The molecule has 148 valence electrons. The molecule has 0 radical (unpaired) electrons. The van der Waals surface area contributed by atoms with Gasteiger partial charge in [0.25, 0.3) is 0 Å². The molecule has 5 heteroatoms. The molecule has 0 spiro atoms. The number of para-hydroxylation sites is 1. The molecule has 27 heavy (non-hydrogen) atoms. The number of carbonyl (C=O) groups is 1. The number of rotatable bonds is 6. The smallest absolute Gasteiger partial charge is 0.318 e. The van der Waals surface area contributed by atoms with Crippen LogP contribution in [0.1, 0.15) is 64.4 Å². The second-order valence-electron chi connectivity index (χ2n) is 7.86. The van der Waals surface area contributed by atoms with Crippen LogP contribution in [-0.2, 0) is 0 Å². The Balaban J connectivity index is 1.57. The fraction of sp³-hybridized carbons (Fsp3) is 0.636. The third-order valence-corrected chi connectivity index (χ3v) is 5.72. The van der Waals surface area contributed by atoms with E-state index in [0.717, 1.165) is 42.7 Å². The minimum Gasteiger partial charge on any atom is -0.484 e. The fourth-order valence-electron chi connectivity index (χ4n) is 3.82. The van der Waals surface area contributed by atoms with Gasteiger partial charge in [0.2, 0.25) is 0 Å². The van der Waals surface area contributed by atoms with Gasteiger partial charge in [0.1, 0.15) is 17.5 Å². The molecule has 1 aromatic carbocycles. The molecular formula is C22H33N3O2. The monoisotopic (exact) mass is 371 g/mol. The lowest BCUT2D eigenvalue weighted by Crippen LogP contribution is -2.65. The molecule has 0 bridgehead atoms. The van der Waals surface area contributed by atoms with Gasteiger partial charge in [-0.3, -0.25) is 4.99 Å². The molecule has 2 fully saturated rings. The van der Waals surface area contributed by atoms with Crippen LogP contribution in [0, 0.1) is 6.92 Å². The molecule has 1 heterocycles. The summed E-state index contributed by atoms with van der Waals surface area (Å²) in [4.78, 5) is 19.0. The van der Waals surface area contributed by atoms with Crippen molar-refractivity contribution in [2.45, 2.75) is 83.9 Å². The summed E-state index contributed by atoms with van der Waals surface area (Å²) in [7, 11) is 0. The lowest BCUT2D eigenvalue weighted by Gasteiger charge is -2.46. The van der Waals surface area contributed by atoms with Crippen LogP contribution in [-0.4, -0.2) is 41.9 Å². The summed E-state index contributed by atoms with van der Waals surface area (Å²) in [5.74, 6) is 0.812. The van der Waals surface area contributed by atoms with Crippen LogP contribution >= 0.6 is 0 Å². The van der Waals surface area contributed by atoms with E-state index in [9.17, 15) is 4.79 Å². The van der Waals surface area contributed by atoms with E-state index >= 15 is 0 Å². The molecule has 5 nitrogen and oxygen atoms in total. The Morgan fingerprint density at radius 1 is 1.33 bits per heavy atom. The van der Waals surface area contributed by atoms with Gasteiger partial charge >= 0.3 is 6.03 Å². The number of likely N-dealkylation sites (tertiary alicyclic amines) is 1. The molecule has 1 aliphatic carbocycles. The zero-order chi connectivity index (χ0) is 19.2.